The highest BCUT2D eigenvalue weighted by molar-refractivity contribution is 7.33. The van der Waals surface area contributed by atoms with Gasteiger partial charge in [-0.3, -0.25) is 9.98 Å². The van der Waals surface area contributed by atoms with Crippen LogP contribution < -0.4 is 0 Å². The topological polar surface area (TPSA) is 60.2 Å². The van der Waals surface area contributed by atoms with Gasteiger partial charge in [-0.15, -0.1) is 9.05 Å². The van der Waals surface area contributed by atoms with Crippen molar-refractivity contribution in [3.63, 3.8) is 0 Å². The molecule has 0 aromatic carbocycles. The van der Waals surface area contributed by atoms with E-state index in [0.29, 0.717) is 0 Å². The maximum absolute atomic E-state index is 11.5. The third-order valence-electron chi connectivity index (χ3n) is 4.05. The molecule has 0 aliphatic heterocycles. The lowest BCUT2D eigenvalue weighted by atomic mass is 10.1. The third kappa shape index (κ3) is 21.4. The van der Waals surface area contributed by atoms with Gasteiger partial charge in [0.25, 0.3) is 0 Å². The largest absolute Gasteiger partial charge is 0.698 e. The van der Waals surface area contributed by atoms with E-state index in [1.807, 2.05) is 0 Å². The van der Waals surface area contributed by atoms with Crippen LogP contribution in [0.15, 0.2) is 9.98 Å². The minimum Gasteiger partial charge on any atom is -0.295 e. The molecule has 0 rings (SSSR count). The van der Waals surface area contributed by atoms with Crippen LogP contribution in [0, 0.1) is 0 Å². The Kier molecular flexibility index (Phi) is 21.8. The van der Waals surface area contributed by atoms with E-state index in [0.717, 1.165) is 25.9 Å². The zero-order valence-electron chi connectivity index (χ0n) is 17.0. The van der Waals surface area contributed by atoms with E-state index in [1.165, 1.54) is 64.2 Å². The van der Waals surface area contributed by atoms with Gasteiger partial charge in [-0.1, -0.05) is 78.1 Å². The molecule has 0 radical (unpaired) electrons. The lowest BCUT2D eigenvalue weighted by molar-refractivity contribution is 0.274. The Morgan fingerprint density at radius 1 is 0.654 bits per heavy atom. The van der Waals surface area contributed by atoms with Gasteiger partial charge in [-0.2, -0.15) is 0 Å². The summed E-state index contributed by atoms with van der Waals surface area (Å²) in [5.41, 5.74) is 0. The molecule has 0 N–H and O–H groups in total. The zero-order chi connectivity index (χ0) is 19.1. The predicted molar refractivity (Wildman–Crippen MR) is 113 cm³/mol. The van der Waals surface area contributed by atoms with Gasteiger partial charge in [-0.05, 0) is 12.8 Å². The SMILES string of the molecule is CCCCCCCCN=CCO[P+](=O)OCC=NCCCCCCCC. The van der Waals surface area contributed by atoms with Gasteiger partial charge in [0.15, 0.2) is 0 Å². The molecule has 152 valence electrons. The van der Waals surface area contributed by atoms with Gasteiger partial charge in [0.1, 0.15) is 13.2 Å². The average Bonchev–Trinajstić information content (AvgIpc) is 2.64. The van der Waals surface area contributed by atoms with Crippen LogP contribution in [0.4, 0.5) is 0 Å². The van der Waals surface area contributed by atoms with Crippen molar-refractivity contribution in [2.45, 2.75) is 90.9 Å². The van der Waals surface area contributed by atoms with Gasteiger partial charge in [0, 0.05) is 30.1 Å². The number of rotatable bonds is 20. The van der Waals surface area contributed by atoms with Gasteiger partial charge in [0.2, 0.25) is 0 Å². The lowest BCUT2D eigenvalue weighted by Crippen LogP contribution is -1.94. The molecule has 0 aliphatic carbocycles. The van der Waals surface area contributed by atoms with Crippen LogP contribution in [0.25, 0.3) is 0 Å². The Hall–Kier alpha value is -0.640. The normalized spacial score (nSPS) is 12.5. The van der Waals surface area contributed by atoms with Gasteiger partial charge >= 0.3 is 8.25 Å². The first-order chi connectivity index (χ1) is 12.8. The van der Waals surface area contributed by atoms with Crippen molar-refractivity contribution < 1.29 is 13.6 Å². The van der Waals surface area contributed by atoms with Crippen LogP contribution in [-0.4, -0.2) is 38.7 Å². The molecule has 0 saturated heterocycles. The molecular formula is C20H40N2O3P+. The van der Waals surface area contributed by atoms with Crippen LogP contribution in [0.2, 0.25) is 0 Å². The molecule has 0 spiro atoms. The molecule has 0 bridgehead atoms. The van der Waals surface area contributed by atoms with Crippen molar-refractivity contribution in [2.75, 3.05) is 26.3 Å². The number of hydrogen-bond donors (Lipinski definition) is 0. The van der Waals surface area contributed by atoms with Crippen LogP contribution in [0.3, 0.4) is 0 Å². The molecule has 6 heteroatoms. The number of nitrogens with zero attached hydrogens (tertiary/aromatic N) is 2. The molecule has 26 heavy (non-hydrogen) atoms. The first kappa shape index (κ1) is 25.4. The fourth-order valence-corrected chi connectivity index (χ4v) is 2.93. The molecule has 0 aromatic rings. The van der Waals surface area contributed by atoms with E-state index in [4.69, 9.17) is 9.05 Å². The van der Waals surface area contributed by atoms with Crippen molar-refractivity contribution >= 4 is 20.7 Å². The lowest BCUT2D eigenvalue weighted by Gasteiger charge is -1.97. The highest BCUT2D eigenvalue weighted by Gasteiger charge is 2.17. The molecule has 0 unspecified atom stereocenters. The van der Waals surface area contributed by atoms with Crippen molar-refractivity contribution in [1.29, 1.82) is 0 Å². The second-order valence-corrected chi connectivity index (χ2v) is 7.49. The van der Waals surface area contributed by atoms with Gasteiger partial charge in [0.05, 0.1) is 0 Å². The zero-order valence-corrected chi connectivity index (χ0v) is 17.9. The molecule has 0 atom stereocenters. The van der Waals surface area contributed by atoms with E-state index >= 15 is 0 Å². The van der Waals surface area contributed by atoms with E-state index in [-0.39, 0.29) is 13.2 Å². The number of aliphatic imine (C=N–C) groups is 2. The molecule has 0 heterocycles. The Bertz CT molecular complexity index is 331. The predicted octanol–water partition coefficient (Wildman–Crippen LogP) is 6.54. The summed E-state index contributed by atoms with van der Waals surface area (Å²) in [6.07, 6.45) is 18.5. The van der Waals surface area contributed by atoms with Crippen molar-refractivity contribution in [3.05, 3.63) is 0 Å². The first-order valence-electron chi connectivity index (χ1n) is 10.5. The summed E-state index contributed by atoms with van der Waals surface area (Å²) < 4.78 is 21.6. The Morgan fingerprint density at radius 2 is 1.04 bits per heavy atom. The first-order valence-corrected chi connectivity index (χ1v) is 11.6. The van der Waals surface area contributed by atoms with Crippen LogP contribution in [0.5, 0.6) is 0 Å². The van der Waals surface area contributed by atoms with Crippen molar-refractivity contribution in [2.24, 2.45) is 9.98 Å². The second kappa shape index (κ2) is 22.4. The maximum Gasteiger partial charge on any atom is 0.698 e. The van der Waals surface area contributed by atoms with Crippen molar-refractivity contribution in [3.8, 4) is 0 Å². The minimum atomic E-state index is -2.08. The van der Waals surface area contributed by atoms with Gasteiger partial charge in [-0.25, -0.2) is 0 Å². The Labute approximate surface area is 162 Å². The van der Waals surface area contributed by atoms with E-state index < -0.39 is 8.25 Å². The summed E-state index contributed by atoms with van der Waals surface area (Å²) in [4.78, 5) is 8.51. The summed E-state index contributed by atoms with van der Waals surface area (Å²) in [5.74, 6) is 0. The minimum absolute atomic E-state index is 0.236. The summed E-state index contributed by atoms with van der Waals surface area (Å²) >= 11 is 0. The summed E-state index contributed by atoms with van der Waals surface area (Å²) in [6.45, 7) is 6.56. The highest BCUT2D eigenvalue weighted by Crippen LogP contribution is 2.21. The molecule has 0 fully saturated rings. The van der Waals surface area contributed by atoms with Crippen LogP contribution in [-0.2, 0) is 13.6 Å². The average molecular weight is 388 g/mol. The maximum atomic E-state index is 11.5. The van der Waals surface area contributed by atoms with Crippen LogP contribution >= 0.6 is 8.25 Å². The second-order valence-electron chi connectivity index (χ2n) is 6.53. The molecule has 0 aliphatic rings. The van der Waals surface area contributed by atoms with Gasteiger partial charge < -0.3 is 0 Å². The molecule has 5 nitrogen and oxygen atoms in total. The molecular weight excluding hydrogens is 347 g/mol. The monoisotopic (exact) mass is 387 g/mol. The summed E-state index contributed by atoms with van der Waals surface area (Å²) in [5, 5.41) is 0. The van der Waals surface area contributed by atoms with Crippen LogP contribution in [0.1, 0.15) is 90.9 Å². The fraction of sp³-hybridized carbons (Fsp3) is 0.900. The molecule has 0 aromatic heterocycles. The standard InChI is InChI=1S/C20H40N2O3P/c1-3-5-7-9-11-13-15-21-17-19-24-26(23)25-20-18-22-16-14-12-10-8-6-4-2/h17-18H,3-16,19-20H2,1-2H3/q+1. The van der Waals surface area contributed by atoms with Crippen molar-refractivity contribution in [1.82, 2.24) is 0 Å². The van der Waals surface area contributed by atoms with E-state index in [2.05, 4.69) is 23.8 Å². The summed E-state index contributed by atoms with van der Waals surface area (Å²) in [7, 11) is -2.08. The highest BCUT2D eigenvalue weighted by atomic mass is 31.1. The Balaban J connectivity index is 3.33. The number of hydrogen-bond acceptors (Lipinski definition) is 5. The van der Waals surface area contributed by atoms with E-state index in [9.17, 15) is 4.57 Å². The fourth-order valence-electron chi connectivity index (χ4n) is 2.48. The van der Waals surface area contributed by atoms with E-state index in [1.54, 1.807) is 12.4 Å². The Morgan fingerprint density at radius 3 is 1.46 bits per heavy atom. The summed E-state index contributed by atoms with van der Waals surface area (Å²) in [6, 6.07) is 0. The third-order valence-corrected chi connectivity index (χ3v) is 4.77. The quantitative estimate of drug-likeness (QED) is 0.135. The molecule has 0 saturated carbocycles. The number of unbranched alkanes of at least 4 members (excludes halogenated alkanes) is 10. The smallest absolute Gasteiger partial charge is 0.295 e. The molecule has 0 amide bonds.